The van der Waals surface area contributed by atoms with E-state index >= 15 is 0 Å². The highest BCUT2D eigenvalue weighted by Crippen LogP contribution is 2.38. The molecule has 1 aliphatic carbocycles. The van der Waals surface area contributed by atoms with Gasteiger partial charge in [-0.05, 0) is 26.7 Å². The van der Waals surface area contributed by atoms with Crippen LogP contribution in [-0.4, -0.2) is 36.3 Å². The first-order valence-corrected chi connectivity index (χ1v) is 6.53. The number of likely N-dealkylation sites (N-methyl/N-ethyl adjacent to an activating group) is 1. The van der Waals surface area contributed by atoms with Gasteiger partial charge in [-0.3, -0.25) is 0 Å². The number of ether oxygens (including phenoxy) is 1. The van der Waals surface area contributed by atoms with Gasteiger partial charge in [0.05, 0.1) is 12.7 Å². The van der Waals surface area contributed by atoms with Crippen molar-refractivity contribution in [3.05, 3.63) is 11.9 Å². The highest BCUT2D eigenvalue weighted by Gasteiger charge is 2.27. The first-order valence-electron chi connectivity index (χ1n) is 6.53. The van der Waals surface area contributed by atoms with Crippen LogP contribution in [0.15, 0.2) is 6.07 Å². The Kier molecular flexibility index (Phi) is 4.01. The Balaban J connectivity index is 1.98. The molecule has 0 radical (unpaired) electrons. The minimum atomic E-state index is 0.260. The van der Waals surface area contributed by atoms with Crippen LogP contribution in [0.25, 0.3) is 0 Å². The third-order valence-corrected chi connectivity index (χ3v) is 2.96. The Morgan fingerprint density at radius 3 is 2.78 bits per heavy atom. The fourth-order valence-electron chi connectivity index (χ4n) is 1.73. The van der Waals surface area contributed by atoms with Crippen molar-refractivity contribution in [2.24, 2.45) is 0 Å². The van der Waals surface area contributed by atoms with Crippen LogP contribution in [0.5, 0.6) is 0 Å². The van der Waals surface area contributed by atoms with E-state index in [0.717, 1.165) is 18.2 Å². The number of nitrogens with two attached hydrogens (primary N) is 1. The van der Waals surface area contributed by atoms with Gasteiger partial charge in [0.15, 0.2) is 0 Å². The van der Waals surface area contributed by atoms with E-state index in [4.69, 9.17) is 10.5 Å². The average molecular weight is 250 g/mol. The zero-order chi connectivity index (χ0) is 13.1. The van der Waals surface area contributed by atoms with Crippen molar-refractivity contribution < 1.29 is 4.74 Å². The third-order valence-electron chi connectivity index (χ3n) is 2.96. The van der Waals surface area contributed by atoms with Gasteiger partial charge in [0, 0.05) is 25.6 Å². The predicted octanol–water partition coefficient (Wildman–Crippen LogP) is 1.80. The number of hydrogen-bond acceptors (Lipinski definition) is 5. The second kappa shape index (κ2) is 5.52. The van der Waals surface area contributed by atoms with Crippen molar-refractivity contribution in [3.63, 3.8) is 0 Å². The molecule has 5 nitrogen and oxygen atoms in total. The fourth-order valence-corrected chi connectivity index (χ4v) is 1.73. The van der Waals surface area contributed by atoms with Gasteiger partial charge in [0.25, 0.3) is 0 Å². The number of anilines is 2. The van der Waals surface area contributed by atoms with Crippen LogP contribution in [0.2, 0.25) is 0 Å². The number of hydrogen-bond donors (Lipinski definition) is 1. The smallest absolute Gasteiger partial charge is 0.136 e. The van der Waals surface area contributed by atoms with Crippen molar-refractivity contribution >= 4 is 11.6 Å². The second-order valence-electron chi connectivity index (χ2n) is 5.12. The summed E-state index contributed by atoms with van der Waals surface area (Å²) in [6.45, 7) is 5.57. The lowest BCUT2D eigenvalue weighted by atomic mass is 10.3. The van der Waals surface area contributed by atoms with Crippen molar-refractivity contribution in [2.45, 2.75) is 38.7 Å². The summed E-state index contributed by atoms with van der Waals surface area (Å²) in [5.74, 6) is 2.85. The number of rotatable bonds is 6. The van der Waals surface area contributed by atoms with Crippen molar-refractivity contribution in [3.8, 4) is 0 Å². The Hall–Kier alpha value is -1.36. The second-order valence-corrected chi connectivity index (χ2v) is 5.12. The molecular weight excluding hydrogens is 228 g/mol. The summed E-state index contributed by atoms with van der Waals surface area (Å²) in [7, 11) is 2.00. The molecule has 0 aliphatic heterocycles. The molecule has 2 rings (SSSR count). The molecule has 0 saturated heterocycles. The highest BCUT2D eigenvalue weighted by atomic mass is 16.5. The van der Waals surface area contributed by atoms with Crippen molar-refractivity contribution in [1.29, 1.82) is 0 Å². The maximum absolute atomic E-state index is 5.83. The molecule has 1 heterocycles. The maximum atomic E-state index is 5.83. The molecule has 0 amide bonds. The quantitative estimate of drug-likeness (QED) is 0.834. The van der Waals surface area contributed by atoms with Crippen LogP contribution in [0, 0.1) is 0 Å². The highest BCUT2D eigenvalue weighted by molar-refractivity contribution is 5.47. The SMILES string of the molecule is CC(C)OCCN(C)c1cc(N)nc(C2CC2)n1. The van der Waals surface area contributed by atoms with E-state index in [2.05, 4.69) is 14.9 Å². The zero-order valence-corrected chi connectivity index (χ0v) is 11.4. The van der Waals surface area contributed by atoms with Crippen molar-refractivity contribution in [2.75, 3.05) is 30.8 Å². The molecular formula is C13H22N4O. The third kappa shape index (κ3) is 3.57. The van der Waals surface area contributed by atoms with Gasteiger partial charge in [-0.15, -0.1) is 0 Å². The van der Waals surface area contributed by atoms with Crippen LogP contribution in [0.4, 0.5) is 11.6 Å². The van der Waals surface area contributed by atoms with Crippen LogP contribution >= 0.6 is 0 Å². The van der Waals surface area contributed by atoms with E-state index in [0.29, 0.717) is 18.3 Å². The molecule has 0 atom stereocenters. The van der Waals surface area contributed by atoms with Crippen LogP contribution in [0.3, 0.4) is 0 Å². The standard InChI is InChI=1S/C13H22N4O/c1-9(2)18-7-6-17(3)12-8-11(14)15-13(16-12)10-4-5-10/h8-10H,4-7H2,1-3H3,(H2,14,15,16). The Bertz CT molecular complexity index is 404. The van der Waals surface area contributed by atoms with E-state index in [-0.39, 0.29) is 6.10 Å². The van der Waals surface area contributed by atoms with Gasteiger partial charge >= 0.3 is 0 Å². The fraction of sp³-hybridized carbons (Fsp3) is 0.692. The van der Waals surface area contributed by atoms with Crippen LogP contribution < -0.4 is 10.6 Å². The Morgan fingerprint density at radius 2 is 2.17 bits per heavy atom. The molecule has 100 valence electrons. The molecule has 0 bridgehead atoms. The number of nitrogen functional groups attached to an aromatic ring is 1. The number of nitrogens with zero attached hydrogens (tertiary/aromatic N) is 3. The normalized spacial score (nSPS) is 15.1. The molecule has 1 aromatic heterocycles. The summed E-state index contributed by atoms with van der Waals surface area (Å²) < 4.78 is 5.54. The predicted molar refractivity (Wildman–Crippen MR) is 72.8 cm³/mol. The monoisotopic (exact) mass is 250 g/mol. The largest absolute Gasteiger partial charge is 0.384 e. The van der Waals surface area contributed by atoms with Gasteiger partial charge in [0.2, 0.25) is 0 Å². The minimum Gasteiger partial charge on any atom is -0.384 e. The first kappa shape index (κ1) is 13.1. The summed E-state index contributed by atoms with van der Waals surface area (Å²) >= 11 is 0. The Morgan fingerprint density at radius 1 is 1.44 bits per heavy atom. The zero-order valence-electron chi connectivity index (χ0n) is 11.4. The van der Waals surface area contributed by atoms with E-state index in [1.54, 1.807) is 0 Å². The first-order chi connectivity index (χ1) is 8.56. The molecule has 2 N–H and O–H groups in total. The van der Waals surface area contributed by atoms with E-state index in [9.17, 15) is 0 Å². The molecule has 1 saturated carbocycles. The summed E-state index contributed by atoms with van der Waals surface area (Å²) in [4.78, 5) is 10.9. The molecule has 0 unspecified atom stereocenters. The summed E-state index contributed by atoms with van der Waals surface area (Å²) in [6.07, 6.45) is 2.63. The lowest BCUT2D eigenvalue weighted by Gasteiger charge is -2.19. The van der Waals surface area contributed by atoms with Gasteiger partial charge in [-0.2, -0.15) is 0 Å². The van der Waals surface area contributed by atoms with Gasteiger partial charge in [-0.1, -0.05) is 0 Å². The topological polar surface area (TPSA) is 64.3 Å². The number of aromatic nitrogens is 2. The van der Waals surface area contributed by atoms with Gasteiger partial charge in [-0.25, -0.2) is 9.97 Å². The minimum absolute atomic E-state index is 0.260. The molecule has 0 aromatic carbocycles. The van der Waals surface area contributed by atoms with E-state index in [1.165, 1.54) is 12.8 Å². The molecule has 18 heavy (non-hydrogen) atoms. The summed E-state index contributed by atoms with van der Waals surface area (Å²) in [5, 5.41) is 0. The van der Waals surface area contributed by atoms with Crippen molar-refractivity contribution in [1.82, 2.24) is 9.97 Å². The molecule has 1 aromatic rings. The molecule has 5 heteroatoms. The molecule has 1 aliphatic rings. The average Bonchev–Trinajstić information content (AvgIpc) is 3.11. The summed E-state index contributed by atoms with van der Waals surface area (Å²) in [5.41, 5.74) is 5.83. The van der Waals surface area contributed by atoms with Crippen LogP contribution in [-0.2, 0) is 4.74 Å². The van der Waals surface area contributed by atoms with Gasteiger partial charge in [0.1, 0.15) is 17.5 Å². The molecule has 0 spiro atoms. The lowest BCUT2D eigenvalue weighted by molar-refractivity contribution is 0.0845. The lowest BCUT2D eigenvalue weighted by Crippen LogP contribution is -2.25. The van der Waals surface area contributed by atoms with Crippen LogP contribution in [0.1, 0.15) is 38.4 Å². The van der Waals surface area contributed by atoms with E-state index < -0.39 is 0 Å². The maximum Gasteiger partial charge on any atom is 0.136 e. The van der Waals surface area contributed by atoms with Gasteiger partial charge < -0.3 is 15.4 Å². The molecule has 1 fully saturated rings. The summed E-state index contributed by atoms with van der Waals surface area (Å²) in [6, 6.07) is 1.82. The van der Waals surface area contributed by atoms with E-state index in [1.807, 2.05) is 27.0 Å². The Labute approximate surface area is 108 Å².